The minimum atomic E-state index is -4.81. The van der Waals surface area contributed by atoms with Crippen molar-refractivity contribution in [1.82, 2.24) is 0 Å². The Hall–Kier alpha value is -1.08. The van der Waals surface area contributed by atoms with Crippen LogP contribution in [0.3, 0.4) is 0 Å². The van der Waals surface area contributed by atoms with Gasteiger partial charge in [-0.15, -0.1) is 0 Å². The highest BCUT2D eigenvalue weighted by Crippen LogP contribution is 2.57. The van der Waals surface area contributed by atoms with Gasteiger partial charge in [0.05, 0.1) is 5.60 Å². The van der Waals surface area contributed by atoms with E-state index < -0.39 is 28.9 Å². The number of fused-ring (bicyclic) bond motifs is 2. The normalized spacial score (nSPS) is 29.6. The molecule has 0 aromatic rings. The Balaban J connectivity index is 2.21. The number of esters is 1. The van der Waals surface area contributed by atoms with Crippen LogP contribution in [0.4, 0.5) is 13.2 Å². The molecule has 0 heterocycles. The van der Waals surface area contributed by atoms with Crippen LogP contribution in [0.5, 0.6) is 0 Å². The van der Waals surface area contributed by atoms with Crippen molar-refractivity contribution in [2.24, 2.45) is 17.8 Å². The molecule has 2 saturated carbocycles. The molecule has 4 nitrogen and oxygen atoms in total. The van der Waals surface area contributed by atoms with Gasteiger partial charge < -0.3 is 14.6 Å². The molecule has 168 valence electrons. The monoisotopic (exact) mass is 420 g/mol. The summed E-state index contributed by atoms with van der Waals surface area (Å²) in [6.07, 6.45) is -1.57. The first-order valence-electron chi connectivity index (χ1n) is 10.5. The lowest BCUT2D eigenvalue weighted by Gasteiger charge is -2.51. The van der Waals surface area contributed by atoms with E-state index in [1.54, 1.807) is 6.92 Å². The molecule has 5 unspecified atom stereocenters. The minimum Gasteiger partial charge on any atom is -0.459 e. The smallest absolute Gasteiger partial charge is 0.419 e. The van der Waals surface area contributed by atoms with Gasteiger partial charge in [-0.1, -0.05) is 20.4 Å². The Morgan fingerprint density at radius 3 is 2.00 bits per heavy atom. The third-order valence-electron chi connectivity index (χ3n) is 7.45. The second kappa shape index (κ2) is 7.88. The molecule has 2 fully saturated rings. The molecule has 7 heteroatoms. The van der Waals surface area contributed by atoms with Gasteiger partial charge in [0.15, 0.2) is 5.60 Å². The van der Waals surface area contributed by atoms with Crippen LogP contribution in [0.15, 0.2) is 12.2 Å². The number of rotatable bonds is 8. The molecule has 0 radical (unpaired) electrons. The Labute approximate surface area is 171 Å². The van der Waals surface area contributed by atoms with Crippen LogP contribution < -0.4 is 0 Å². The van der Waals surface area contributed by atoms with Crippen LogP contribution >= 0.6 is 0 Å². The summed E-state index contributed by atoms with van der Waals surface area (Å²) in [6, 6.07) is 0. The van der Waals surface area contributed by atoms with Crippen molar-refractivity contribution in [2.75, 3.05) is 0 Å². The standard InChI is InChI=1S/C22H35F3O4/c1-8-21(9-2,29-19(5,6)20(7,27)22(23,24)25)16-11-15-10-14(16)12-17(15)28-18(26)13(3)4/h14-17,27H,3,8-12H2,1-2,4-7H3. The van der Waals surface area contributed by atoms with Crippen LogP contribution in [-0.4, -0.2) is 40.2 Å². The first-order valence-corrected chi connectivity index (χ1v) is 10.5. The predicted molar refractivity (Wildman–Crippen MR) is 104 cm³/mol. The van der Waals surface area contributed by atoms with Gasteiger partial charge in [0, 0.05) is 5.57 Å². The van der Waals surface area contributed by atoms with Crippen LogP contribution in [0.2, 0.25) is 0 Å². The van der Waals surface area contributed by atoms with Gasteiger partial charge in [-0.3, -0.25) is 0 Å². The van der Waals surface area contributed by atoms with E-state index in [1.165, 1.54) is 13.8 Å². The van der Waals surface area contributed by atoms with Gasteiger partial charge in [-0.2, -0.15) is 13.2 Å². The summed E-state index contributed by atoms with van der Waals surface area (Å²) >= 11 is 0. The molecule has 0 spiro atoms. The van der Waals surface area contributed by atoms with Gasteiger partial charge in [0.2, 0.25) is 0 Å². The van der Waals surface area contributed by atoms with E-state index in [4.69, 9.17) is 9.47 Å². The molecule has 5 atom stereocenters. The molecular formula is C22H35F3O4. The van der Waals surface area contributed by atoms with E-state index in [1.807, 2.05) is 13.8 Å². The molecule has 2 bridgehead atoms. The van der Waals surface area contributed by atoms with Gasteiger partial charge >= 0.3 is 12.1 Å². The summed E-state index contributed by atoms with van der Waals surface area (Å²) in [7, 11) is 0. The number of hydrogen-bond acceptors (Lipinski definition) is 4. The maximum absolute atomic E-state index is 13.5. The van der Waals surface area contributed by atoms with E-state index in [0.29, 0.717) is 24.8 Å². The molecule has 0 aliphatic heterocycles. The fourth-order valence-corrected chi connectivity index (χ4v) is 5.19. The van der Waals surface area contributed by atoms with E-state index in [9.17, 15) is 23.1 Å². The van der Waals surface area contributed by atoms with Crippen molar-refractivity contribution in [1.29, 1.82) is 0 Å². The molecule has 0 amide bonds. The van der Waals surface area contributed by atoms with Gasteiger partial charge in [-0.05, 0) is 77.6 Å². The molecule has 2 rings (SSSR count). The summed E-state index contributed by atoms with van der Waals surface area (Å²) in [5.41, 5.74) is -5.21. The molecule has 2 aliphatic carbocycles. The second-order valence-corrected chi connectivity index (χ2v) is 9.51. The molecule has 29 heavy (non-hydrogen) atoms. The number of aliphatic hydroxyl groups is 1. The van der Waals surface area contributed by atoms with Crippen molar-refractivity contribution in [3.63, 3.8) is 0 Å². The van der Waals surface area contributed by atoms with Gasteiger partial charge in [0.1, 0.15) is 11.7 Å². The zero-order valence-electron chi connectivity index (χ0n) is 18.4. The van der Waals surface area contributed by atoms with Crippen molar-refractivity contribution in [3.8, 4) is 0 Å². The first kappa shape index (κ1) is 24.2. The highest BCUT2D eigenvalue weighted by Gasteiger charge is 2.63. The zero-order valence-corrected chi connectivity index (χ0v) is 18.4. The summed E-state index contributed by atoms with van der Waals surface area (Å²) in [5.74, 6) is 0.0654. The van der Waals surface area contributed by atoms with Crippen molar-refractivity contribution >= 4 is 5.97 Å². The van der Waals surface area contributed by atoms with E-state index >= 15 is 0 Å². The number of hydrogen-bond donors (Lipinski definition) is 1. The number of carbonyl (C=O) groups excluding carboxylic acids is 1. The lowest BCUT2D eigenvalue weighted by molar-refractivity contribution is -0.336. The van der Waals surface area contributed by atoms with E-state index in [2.05, 4.69) is 6.58 Å². The quantitative estimate of drug-likeness (QED) is 0.434. The molecule has 1 N–H and O–H groups in total. The average Bonchev–Trinajstić information content (AvgIpc) is 3.19. The fraction of sp³-hybridized carbons (Fsp3) is 0.864. The average molecular weight is 421 g/mol. The van der Waals surface area contributed by atoms with Crippen LogP contribution in [0.25, 0.3) is 0 Å². The Bertz CT molecular complexity index is 634. The number of halogens is 3. The second-order valence-electron chi connectivity index (χ2n) is 9.51. The summed E-state index contributed by atoms with van der Waals surface area (Å²) in [4.78, 5) is 11.9. The van der Waals surface area contributed by atoms with Crippen molar-refractivity contribution < 1.29 is 32.5 Å². The Morgan fingerprint density at radius 1 is 1.07 bits per heavy atom. The lowest BCUT2D eigenvalue weighted by Crippen LogP contribution is -2.63. The topological polar surface area (TPSA) is 55.8 Å². The van der Waals surface area contributed by atoms with Crippen LogP contribution in [-0.2, 0) is 14.3 Å². The summed E-state index contributed by atoms with van der Waals surface area (Å²) in [6.45, 7) is 12.5. The Kier molecular flexibility index (Phi) is 6.57. The SMILES string of the molecule is C=C(C)C(=O)OC1CC2CC1CC2C(CC)(CC)OC(C)(C)C(C)(O)C(F)(F)F. The minimum absolute atomic E-state index is 0.0607. The van der Waals surface area contributed by atoms with Crippen molar-refractivity contribution in [2.45, 2.75) is 103 Å². The maximum atomic E-state index is 13.5. The highest BCUT2D eigenvalue weighted by atomic mass is 19.4. The predicted octanol–water partition coefficient (Wildman–Crippen LogP) is 5.19. The summed E-state index contributed by atoms with van der Waals surface area (Å²) in [5, 5.41) is 10.3. The summed E-state index contributed by atoms with van der Waals surface area (Å²) < 4.78 is 52.3. The lowest BCUT2D eigenvalue weighted by atomic mass is 9.71. The molecule has 2 aliphatic rings. The Morgan fingerprint density at radius 2 is 1.62 bits per heavy atom. The largest absolute Gasteiger partial charge is 0.459 e. The third-order valence-corrected chi connectivity index (χ3v) is 7.45. The molecular weight excluding hydrogens is 385 g/mol. The van der Waals surface area contributed by atoms with Gasteiger partial charge in [0.25, 0.3) is 0 Å². The third kappa shape index (κ3) is 4.22. The maximum Gasteiger partial charge on any atom is 0.419 e. The number of alkyl halides is 3. The number of ether oxygens (including phenoxy) is 2. The highest BCUT2D eigenvalue weighted by molar-refractivity contribution is 5.87. The number of carbonyl (C=O) groups is 1. The van der Waals surface area contributed by atoms with Crippen molar-refractivity contribution in [3.05, 3.63) is 12.2 Å². The molecule has 0 aromatic carbocycles. The van der Waals surface area contributed by atoms with Crippen LogP contribution in [0, 0.1) is 17.8 Å². The first-order chi connectivity index (χ1) is 13.1. The fourth-order valence-electron chi connectivity index (χ4n) is 5.19. The zero-order chi connectivity index (χ0) is 22.4. The van der Waals surface area contributed by atoms with E-state index in [0.717, 1.165) is 19.8 Å². The van der Waals surface area contributed by atoms with Gasteiger partial charge in [-0.25, -0.2) is 4.79 Å². The van der Waals surface area contributed by atoms with E-state index in [-0.39, 0.29) is 23.9 Å². The molecule has 0 saturated heterocycles. The van der Waals surface area contributed by atoms with Crippen LogP contribution in [0.1, 0.15) is 73.6 Å². The molecule has 0 aromatic heterocycles.